The highest BCUT2D eigenvalue weighted by Crippen LogP contribution is 2.32. The molecule has 1 aromatic carbocycles. The van der Waals surface area contributed by atoms with Crippen LogP contribution in [0.15, 0.2) is 18.2 Å². The number of ether oxygens (including phenoxy) is 2. The van der Waals surface area contributed by atoms with Gasteiger partial charge in [-0.15, -0.1) is 0 Å². The molecule has 0 saturated carbocycles. The summed E-state index contributed by atoms with van der Waals surface area (Å²) in [5.41, 5.74) is 7.14. The van der Waals surface area contributed by atoms with E-state index in [1.807, 2.05) is 12.1 Å². The third-order valence-corrected chi connectivity index (χ3v) is 3.60. The molecule has 1 fully saturated rings. The molecular weight excluding hydrogens is 228 g/mol. The SMILES string of the molecule is COc1ccc([C@@H](CN)N2CCCC2)cc1OC. The largest absolute Gasteiger partial charge is 0.493 e. The van der Waals surface area contributed by atoms with Crippen molar-refractivity contribution in [1.82, 2.24) is 4.90 Å². The predicted molar refractivity (Wildman–Crippen MR) is 72.1 cm³/mol. The van der Waals surface area contributed by atoms with Gasteiger partial charge in [-0.3, -0.25) is 4.90 Å². The second-order valence-electron chi connectivity index (χ2n) is 4.61. The van der Waals surface area contributed by atoms with Gasteiger partial charge in [0.25, 0.3) is 0 Å². The number of likely N-dealkylation sites (tertiary alicyclic amines) is 1. The number of nitrogens with two attached hydrogens (primary N) is 1. The fourth-order valence-electron chi connectivity index (χ4n) is 2.61. The van der Waals surface area contributed by atoms with E-state index in [2.05, 4.69) is 11.0 Å². The molecule has 2 rings (SSSR count). The molecule has 0 aromatic heterocycles. The van der Waals surface area contributed by atoms with Crippen LogP contribution >= 0.6 is 0 Å². The zero-order chi connectivity index (χ0) is 13.0. The number of hydrogen-bond acceptors (Lipinski definition) is 4. The van der Waals surface area contributed by atoms with Crippen LogP contribution in [-0.4, -0.2) is 38.8 Å². The van der Waals surface area contributed by atoms with Crippen LogP contribution in [0.3, 0.4) is 0 Å². The molecular formula is C14H22N2O2. The zero-order valence-corrected chi connectivity index (χ0v) is 11.2. The van der Waals surface area contributed by atoms with Gasteiger partial charge in [0.1, 0.15) is 0 Å². The molecule has 0 bridgehead atoms. The maximum Gasteiger partial charge on any atom is 0.161 e. The second-order valence-corrected chi connectivity index (χ2v) is 4.61. The van der Waals surface area contributed by atoms with Crippen LogP contribution < -0.4 is 15.2 Å². The molecule has 1 atom stereocenters. The number of methoxy groups -OCH3 is 2. The van der Waals surface area contributed by atoms with Crippen molar-refractivity contribution in [2.45, 2.75) is 18.9 Å². The highest BCUT2D eigenvalue weighted by Gasteiger charge is 2.23. The predicted octanol–water partition coefficient (Wildman–Crippen LogP) is 1.80. The van der Waals surface area contributed by atoms with Crippen molar-refractivity contribution in [3.05, 3.63) is 23.8 Å². The number of rotatable bonds is 5. The summed E-state index contributed by atoms with van der Waals surface area (Å²) in [6.07, 6.45) is 2.54. The Hall–Kier alpha value is -1.26. The van der Waals surface area contributed by atoms with E-state index in [1.165, 1.54) is 18.4 Å². The van der Waals surface area contributed by atoms with Crippen LogP contribution in [0.4, 0.5) is 0 Å². The average molecular weight is 250 g/mol. The van der Waals surface area contributed by atoms with Crippen LogP contribution in [0.2, 0.25) is 0 Å². The summed E-state index contributed by atoms with van der Waals surface area (Å²) in [4.78, 5) is 2.45. The molecule has 18 heavy (non-hydrogen) atoms. The van der Waals surface area contributed by atoms with Gasteiger partial charge < -0.3 is 15.2 Å². The first-order valence-corrected chi connectivity index (χ1v) is 6.46. The molecule has 1 aliphatic heterocycles. The Morgan fingerprint density at radius 3 is 2.39 bits per heavy atom. The van der Waals surface area contributed by atoms with Gasteiger partial charge in [0.05, 0.1) is 14.2 Å². The van der Waals surface area contributed by atoms with Crippen molar-refractivity contribution in [3.8, 4) is 11.5 Å². The molecule has 100 valence electrons. The highest BCUT2D eigenvalue weighted by atomic mass is 16.5. The second kappa shape index (κ2) is 6.07. The van der Waals surface area contributed by atoms with Crippen molar-refractivity contribution in [3.63, 3.8) is 0 Å². The maximum absolute atomic E-state index is 5.93. The van der Waals surface area contributed by atoms with Crippen LogP contribution in [0.25, 0.3) is 0 Å². The molecule has 0 unspecified atom stereocenters. The summed E-state index contributed by atoms with van der Waals surface area (Å²) in [5, 5.41) is 0. The zero-order valence-electron chi connectivity index (χ0n) is 11.2. The van der Waals surface area contributed by atoms with Gasteiger partial charge in [0.15, 0.2) is 11.5 Å². The number of benzene rings is 1. The van der Waals surface area contributed by atoms with Gasteiger partial charge in [-0.2, -0.15) is 0 Å². The molecule has 4 nitrogen and oxygen atoms in total. The van der Waals surface area contributed by atoms with Gasteiger partial charge >= 0.3 is 0 Å². The summed E-state index contributed by atoms with van der Waals surface area (Å²) in [6, 6.07) is 6.35. The standard InChI is InChI=1S/C14H22N2O2/c1-17-13-6-5-11(9-14(13)18-2)12(10-15)16-7-3-4-8-16/h5-6,9,12H,3-4,7-8,10,15H2,1-2H3/t12-/m1/s1. The van der Waals surface area contributed by atoms with E-state index in [1.54, 1.807) is 14.2 Å². The third kappa shape index (κ3) is 2.60. The van der Waals surface area contributed by atoms with Crippen molar-refractivity contribution in [2.75, 3.05) is 33.9 Å². The van der Waals surface area contributed by atoms with Crippen molar-refractivity contribution >= 4 is 0 Å². The van der Waals surface area contributed by atoms with Crippen LogP contribution in [0, 0.1) is 0 Å². The van der Waals surface area contributed by atoms with E-state index in [0.29, 0.717) is 6.54 Å². The fourth-order valence-corrected chi connectivity index (χ4v) is 2.61. The van der Waals surface area contributed by atoms with Crippen LogP contribution in [0.5, 0.6) is 11.5 Å². The van der Waals surface area contributed by atoms with Crippen molar-refractivity contribution in [2.24, 2.45) is 5.73 Å². The summed E-state index contributed by atoms with van der Waals surface area (Å²) >= 11 is 0. The lowest BCUT2D eigenvalue weighted by atomic mass is 10.0. The van der Waals surface area contributed by atoms with Crippen molar-refractivity contribution in [1.29, 1.82) is 0 Å². The van der Waals surface area contributed by atoms with E-state index >= 15 is 0 Å². The minimum atomic E-state index is 0.285. The third-order valence-electron chi connectivity index (χ3n) is 3.60. The minimum absolute atomic E-state index is 0.285. The Labute approximate surface area is 109 Å². The monoisotopic (exact) mass is 250 g/mol. The van der Waals surface area contributed by atoms with Gasteiger partial charge in [0.2, 0.25) is 0 Å². The highest BCUT2D eigenvalue weighted by molar-refractivity contribution is 5.43. The molecule has 0 amide bonds. The van der Waals surface area contributed by atoms with E-state index in [-0.39, 0.29) is 6.04 Å². The number of hydrogen-bond donors (Lipinski definition) is 1. The van der Waals surface area contributed by atoms with E-state index in [4.69, 9.17) is 15.2 Å². The molecule has 1 aromatic rings. The molecule has 0 aliphatic carbocycles. The Kier molecular flexibility index (Phi) is 4.44. The van der Waals surface area contributed by atoms with Gasteiger partial charge in [0, 0.05) is 12.6 Å². The first-order valence-electron chi connectivity index (χ1n) is 6.46. The van der Waals surface area contributed by atoms with Gasteiger partial charge in [-0.25, -0.2) is 0 Å². The Morgan fingerprint density at radius 1 is 1.17 bits per heavy atom. The van der Waals surface area contributed by atoms with Crippen LogP contribution in [0.1, 0.15) is 24.4 Å². The molecule has 1 saturated heterocycles. The molecule has 2 N–H and O–H groups in total. The smallest absolute Gasteiger partial charge is 0.161 e. The van der Waals surface area contributed by atoms with Gasteiger partial charge in [-0.1, -0.05) is 6.07 Å². The lowest BCUT2D eigenvalue weighted by Gasteiger charge is -2.27. The summed E-state index contributed by atoms with van der Waals surface area (Å²) in [7, 11) is 3.31. The minimum Gasteiger partial charge on any atom is -0.493 e. The lowest BCUT2D eigenvalue weighted by Crippen LogP contribution is -2.31. The summed E-state index contributed by atoms with van der Waals surface area (Å²) < 4.78 is 10.6. The molecule has 0 radical (unpaired) electrons. The summed E-state index contributed by atoms with van der Waals surface area (Å²) in [5.74, 6) is 1.53. The quantitative estimate of drug-likeness (QED) is 0.865. The fraction of sp³-hybridized carbons (Fsp3) is 0.571. The lowest BCUT2D eigenvalue weighted by molar-refractivity contribution is 0.250. The van der Waals surface area contributed by atoms with E-state index in [9.17, 15) is 0 Å². The molecule has 4 heteroatoms. The van der Waals surface area contributed by atoms with Gasteiger partial charge in [-0.05, 0) is 43.6 Å². The Balaban J connectivity index is 2.24. The molecule has 1 heterocycles. The molecule has 1 aliphatic rings. The normalized spacial score (nSPS) is 17.7. The first kappa shape index (κ1) is 13.2. The summed E-state index contributed by atoms with van der Waals surface area (Å²) in [6.45, 7) is 2.90. The van der Waals surface area contributed by atoms with Crippen LogP contribution in [-0.2, 0) is 0 Å². The topological polar surface area (TPSA) is 47.7 Å². The first-order chi connectivity index (χ1) is 8.80. The number of nitrogens with zero attached hydrogens (tertiary/aromatic N) is 1. The maximum atomic E-state index is 5.93. The Morgan fingerprint density at radius 2 is 1.83 bits per heavy atom. The molecule has 0 spiro atoms. The van der Waals surface area contributed by atoms with E-state index < -0.39 is 0 Å². The van der Waals surface area contributed by atoms with Crippen molar-refractivity contribution < 1.29 is 9.47 Å². The van der Waals surface area contributed by atoms with E-state index in [0.717, 1.165) is 24.6 Å². The average Bonchev–Trinajstić information content (AvgIpc) is 2.93. The Bertz CT molecular complexity index is 389.